The maximum atomic E-state index is 3.75. The van der Waals surface area contributed by atoms with E-state index in [4.69, 9.17) is 0 Å². The molecular formula is C14H20BrN. The lowest BCUT2D eigenvalue weighted by Crippen LogP contribution is -2.33. The predicted octanol–water partition coefficient (Wildman–Crippen LogP) is 4.29. The quantitative estimate of drug-likeness (QED) is 0.872. The number of nitrogens with one attached hydrogen (secondary N) is 1. The fourth-order valence-corrected chi connectivity index (χ4v) is 2.83. The average Bonchev–Trinajstić information content (AvgIpc) is 2.65. The first-order chi connectivity index (χ1) is 7.66. The van der Waals surface area contributed by atoms with Crippen LogP contribution in [0.5, 0.6) is 0 Å². The molecule has 1 aliphatic carbocycles. The highest BCUT2D eigenvalue weighted by Gasteiger charge is 2.24. The van der Waals surface area contributed by atoms with Gasteiger partial charge in [-0.05, 0) is 43.4 Å². The SMILES string of the molecule is CC1CCCC1N[C@@H](C)c1ccc(Br)cc1. The van der Waals surface area contributed by atoms with E-state index < -0.39 is 0 Å². The van der Waals surface area contributed by atoms with E-state index in [1.54, 1.807) is 0 Å². The fourth-order valence-electron chi connectivity index (χ4n) is 2.56. The van der Waals surface area contributed by atoms with Gasteiger partial charge in [0.05, 0.1) is 0 Å². The second kappa shape index (κ2) is 5.33. The molecule has 1 saturated carbocycles. The Balaban J connectivity index is 1.97. The highest BCUT2D eigenvalue weighted by atomic mass is 79.9. The largest absolute Gasteiger partial charge is 0.307 e. The van der Waals surface area contributed by atoms with Gasteiger partial charge in [0.15, 0.2) is 0 Å². The summed E-state index contributed by atoms with van der Waals surface area (Å²) in [7, 11) is 0. The van der Waals surface area contributed by atoms with E-state index in [1.165, 1.54) is 24.8 Å². The zero-order chi connectivity index (χ0) is 11.5. The minimum atomic E-state index is 0.457. The fraction of sp³-hybridized carbons (Fsp3) is 0.571. The summed E-state index contributed by atoms with van der Waals surface area (Å²) in [5, 5.41) is 3.75. The van der Waals surface area contributed by atoms with Crippen molar-refractivity contribution in [2.45, 2.75) is 45.2 Å². The molecule has 3 atom stereocenters. The van der Waals surface area contributed by atoms with Crippen molar-refractivity contribution in [2.75, 3.05) is 0 Å². The van der Waals surface area contributed by atoms with Crippen LogP contribution in [-0.4, -0.2) is 6.04 Å². The van der Waals surface area contributed by atoms with E-state index in [0.29, 0.717) is 12.1 Å². The molecule has 1 nitrogen and oxygen atoms in total. The molecule has 2 heteroatoms. The summed E-state index contributed by atoms with van der Waals surface area (Å²) < 4.78 is 1.15. The summed E-state index contributed by atoms with van der Waals surface area (Å²) >= 11 is 3.47. The number of rotatable bonds is 3. The van der Waals surface area contributed by atoms with Gasteiger partial charge in [-0.3, -0.25) is 0 Å². The van der Waals surface area contributed by atoms with Crippen LogP contribution in [-0.2, 0) is 0 Å². The predicted molar refractivity (Wildman–Crippen MR) is 72.5 cm³/mol. The molecular weight excluding hydrogens is 262 g/mol. The van der Waals surface area contributed by atoms with Crippen molar-refractivity contribution in [3.05, 3.63) is 34.3 Å². The molecule has 1 N–H and O–H groups in total. The van der Waals surface area contributed by atoms with E-state index in [9.17, 15) is 0 Å². The number of benzene rings is 1. The van der Waals surface area contributed by atoms with Crippen molar-refractivity contribution >= 4 is 15.9 Å². The zero-order valence-corrected chi connectivity index (χ0v) is 11.6. The summed E-state index contributed by atoms with van der Waals surface area (Å²) in [4.78, 5) is 0. The van der Waals surface area contributed by atoms with Crippen LogP contribution in [0.4, 0.5) is 0 Å². The minimum Gasteiger partial charge on any atom is -0.307 e. The standard InChI is InChI=1S/C14H20BrN/c1-10-4-3-5-14(10)16-11(2)12-6-8-13(15)9-7-12/h6-11,14,16H,3-5H2,1-2H3/t10?,11-,14?/m0/s1. The third-order valence-electron chi connectivity index (χ3n) is 3.70. The van der Waals surface area contributed by atoms with Crippen LogP contribution in [0.1, 0.15) is 44.7 Å². The molecule has 2 rings (SSSR count). The Hall–Kier alpha value is -0.340. The van der Waals surface area contributed by atoms with Gasteiger partial charge in [0, 0.05) is 16.6 Å². The molecule has 0 aliphatic heterocycles. The van der Waals surface area contributed by atoms with Gasteiger partial charge in [0.25, 0.3) is 0 Å². The van der Waals surface area contributed by atoms with Gasteiger partial charge < -0.3 is 5.32 Å². The van der Waals surface area contributed by atoms with Crippen molar-refractivity contribution in [1.82, 2.24) is 5.32 Å². The van der Waals surface area contributed by atoms with Crippen molar-refractivity contribution in [2.24, 2.45) is 5.92 Å². The molecule has 0 bridgehead atoms. The van der Waals surface area contributed by atoms with Crippen LogP contribution in [0.2, 0.25) is 0 Å². The molecule has 2 unspecified atom stereocenters. The van der Waals surface area contributed by atoms with Crippen LogP contribution in [0.3, 0.4) is 0 Å². The van der Waals surface area contributed by atoms with Crippen LogP contribution in [0, 0.1) is 5.92 Å². The lowest BCUT2D eigenvalue weighted by molar-refractivity contribution is 0.388. The molecule has 1 aliphatic rings. The van der Waals surface area contributed by atoms with Gasteiger partial charge in [-0.15, -0.1) is 0 Å². The Morgan fingerprint density at radius 3 is 2.50 bits per heavy atom. The molecule has 0 amide bonds. The normalized spacial score (nSPS) is 26.9. The Bertz CT molecular complexity index is 333. The maximum Gasteiger partial charge on any atom is 0.0294 e. The Morgan fingerprint density at radius 1 is 1.25 bits per heavy atom. The summed E-state index contributed by atoms with van der Waals surface area (Å²) in [6, 6.07) is 9.79. The Labute approximate surface area is 107 Å². The molecule has 1 fully saturated rings. The van der Waals surface area contributed by atoms with Gasteiger partial charge in [-0.25, -0.2) is 0 Å². The average molecular weight is 282 g/mol. The minimum absolute atomic E-state index is 0.457. The first-order valence-corrected chi connectivity index (χ1v) is 6.97. The first-order valence-electron chi connectivity index (χ1n) is 6.18. The molecule has 1 aromatic carbocycles. The van der Waals surface area contributed by atoms with E-state index in [0.717, 1.165) is 10.4 Å². The van der Waals surface area contributed by atoms with Crippen LogP contribution in [0.15, 0.2) is 28.7 Å². The van der Waals surface area contributed by atoms with E-state index in [1.807, 2.05) is 0 Å². The number of hydrogen-bond acceptors (Lipinski definition) is 1. The van der Waals surface area contributed by atoms with E-state index in [-0.39, 0.29) is 0 Å². The van der Waals surface area contributed by atoms with E-state index in [2.05, 4.69) is 59.4 Å². The Morgan fingerprint density at radius 2 is 1.94 bits per heavy atom. The van der Waals surface area contributed by atoms with Crippen molar-refractivity contribution in [3.63, 3.8) is 0 Å². The molecule has 1 aromatic rings. The highest BCUT2D eigenvalue weighted by Crippen LogP contribution is 2.27. The molecule has 0 heterocycles. The van der Waals surface area contributed by atoms with Crippen molar-refractivity contribution < 1.29 is 0 Å². The molecule has 0 spiro atoms. The monoisotopic (exact) mass is 281 g/mol. The number of halogens is 1. The third kappa shape index (κ3) is 2.86. The van der Waals surface area contributed by atoms with Gasteiger partial charge in [0.2, 0.25) is 0 Å². The van der Waals surface area contributed by atoms with Gasteiger partial charge in [0.1, 0.15) is 0 Å². The van der Waals surface area contributed by atoms with Crippen molar-refractivity contribution in [3.8, 4) is 0 Å². The lowest BCUT2D eigenvalue weighted by atomic mass is 10.0. The van der Waals surface area contributed by atoms with Crippen LogP contribution < -0.4 is 5.32 Å². The first kappa shape index (κ1) is 12.1. The topological polar surface area (TPSA) is 12.0 Å². The zero-order valence-electron chi connectivity index (χ0n) is 10.0. The van der Waals surface area contributed by atoms with Gasteiger partial charge in [-0.2, -0.15) is 0 Å². The molecule has 0 aromatic heterocycles. The Kier molecular flexibility index (Phi) is 4.04. The second-order valence-electron chi connectivity index (χ2n) is 4.95. The molecule has 0 radical (unpaired) electrons. The maximum absolute atomic E-state index is 3.75. The molecule has 88 valence electrons. The highest BCUT2D eigenvalue weighted by molar-refractivity contribution is 9.10. The van der Waals surface area contributed by atoms with E-state index >= 15 is 0 Å². The number of hydrogen-bond donors (Lipinski definition) is 1. The summed E-state index contributed by atoms with van der Waals surface area (Å²) in [5.41, 5.74) is 1.38. The van der Waals surface area contributed by atoms with Crippen LogP contribution in [0.25, 0.3) is 0 Å². The molecule has 0 saturated heterocycles. The lowest BCUT2D eigenvalue weighted by Gasteiger charge is -2.23. The molecule has 16 heavy (non-hydrogen) atoms. The van der Waals surface area contributed by atoms with Crippen LogP contribution >= 0.6 is 15.9 Å². The summed E-state index contributed by atoms with van der Waals surface area (Å²) in [6.07, 6.45) is 4.10. The second-order valence-corrected chi connectivity index (χ2v) is 5.87. The van der Waals surface area contributed by atoms with Gasteiger partial charge in [-0.1, -0.05) is 41.4 Å². The smallest absolute Gasteiger partial charge is 0.0294 e. The van der Waals surface area contributed by atoms with Crippen molar-refractivity contribution in [1.29, 1.82) is 0 Å². The third-order valence-corrected chi connectivity index (χ3v) is 4.22. The summed E-state index contributed by atoms with van der Waals surface area (Å²) in [5.74, 6) is 0.831. The summed E-state index contributed by atoms with van der Waals surface area (Å²) in [6.45, 7) is 4.62. The van der Waals surface area contributed by atoms with Gasteiger partial charge >= 0.3 is 0 Å².